The molecule has 0 saturated carbocycles. The van der Waals surface area contributed by atoms with Gasteiger partial charge in [0.1, 0.15) is 6.04 Å². The van der Waals surface area contributed by atoms with Gasteiger partial charge in [-0.3, -0.25) is 9.59 Å². The van der Waals surface area contributed by atoms with Gasteiger partial charge in [0.05, 0.1) is 0 Å². The first-order valence-electron chi connectivity index (χ1n) is 10.8. The van der Waals surface area contributed by atoms with E-state index >= 15 is 0 Å². The summed E-state index contributed by atoms with van der Waals surface area (Å²) >= 11 is 0. The van der Waals surface area contributed by atoms with Crippen molar-refractivity contribution in [3.8, 4) is 0 Å². The number of unbranched alkanes of at least 4 members (excludes halogenated alkanes) is 13. The van der Waals surface area contributed by atoms with Crippen LogP contribution in [0.15, 0.2) is 0 Å². The summed E-state index contributed by atoms with van der Waals surface area (Å²) in [6.45, 7) is 2.90. The van der Waals surface area contributed by atoms with E-state index in [-0.39, 0.29) is 42.4 Å². The molecule has 0 spiro atoms. The summed E-state index contributed by atoms with van der Waals surface area (Å²) in [5, 5.41) is 20.6. The van der Waals surface area contributed by atoms with Crippen LogP contribution in [0.2, 0.25) is 0 Å². The third-order valence-corrected chi connectivity index (χ3v) is 4.87. The second-order valence-electron chi connectivity index (χ2n) is 7.37. The van der Waals surface area contributed by atoms with Gasteiger partial charge in [-0.05, 0) is 19.4 Å². The maximum absolute atomic E-state index is 11.0. The number of carbonyl (C=O) groups is 2. The molecule has 0 aromatic heterocycles. The van der Waals surface area contributed by atoms with Crippen LogP contribution in [0.1, 0.15) is 110 Å². The van der Waals surface area contributed by atoms with Crippen molar-refractivity contribution >= 4 is 41.5 Å². The number of nitrogens with one attached hydrogen (secondary N) is 1. The monoisotopic (exact) mass is 395 g/mol. The zero-order chi connectivity index (χ0) is 19.5. The van der Waals surface area contributed by atoms with Crippen LogP contribution in [0, 0.1) is 0 Å². The Hall–Kier alpha value is -0.100. The number of hydrogen-bond donors (Lipinski definition) is 3. The molecule has 156 valence electrons. The average Bonchev–Trinajstić information content (AvgIpc) is 2.60. The molecule has 0 aliphatic heterocycles. The molecular formula is C21H42NNaO4. The van der Waals surface area contributed by atoms with Crippen molar-refractivity contribution < 1.29 is 19.8 Å². The molecule has 0 aliphatic carbocycles. The molecule has 5 nitrogen and oxygen atoms in total. The zero-order valence-corrected chi connectivity index (χ0v) is 16.8. The van der Waals surface area contributed by atoms with Gasteiger partial charge in [-0.1, -0.05) is 90.4 Å². The summed E-state index contributed by atoms with van der Waals surface area (Å²) in [6.07, 6.45) is 18.2. The second kappa shape index (κ2) is 22.2. The summed E-state index contributed by atoms with van der Waals surface area (Å²) in [6, 6.07) is -0.743. The van der Waals surface area contributed by atoms with E-state index < -0.39 is 18.0 Å². The third kappa shape index (κ3) is 22.1. The molecule has 0 heterocycles. The minimum atomic E-state index is -0.961. The van der Waals surface area contributed by atoms with Crippen LogP contribution in [-0.4, -0.2) is 64.3 Å². The number of rotatable bonds is 20. The molecule has 0 amide bonds. The van der Waals surface area contributed by atoms with Crippen molar-refractivity contribution in [1.82, 2.24) is 5.32 Å². The SMILES string of the molecule is CCCCCCCCCCCCCCCCN[C@@H](CCC(=O)O)C(=O)O.[NaH]. The van der Waals surface area contributed by atoms with Gasteiger partial charge in [-0.15, -0.1) is 0 Å². The van der Waals surface area contributed by atoms with Crippen LogP contribution in [0.25, 0.3) is 0 Å². The molecule has 0 aromatic carbocycles. The first-order chi connectivity index (χ1) is 12.6. The Kier molecular flexibility index (Phi) is 23.9. The number of carboxylic acids is 2. The van der Waals surface area contributed by atoms with Crippen LogP contribution in [0.3, 0.4) is 0 Å². The fourth-order valence-corrected chi connectivity index (χ4v) is 3.18. The van der Waals surface area contributed by atoms with E-state index in [1.807, 2.05) is 0 Å². The van der Waals surface area contributed by atoms with E-state index in [0.29, 0.717) is 6.54 Å². The average molecular weight is 396 g/mol. The second-order valence-corrected chi connectivity index (χ2v) is 7.37. The van der Waals surface area contributed by atoms with Crippen LogP contribution in [0.4, 0.5) is 0 Å². The van der Waals surface area contributed by atoms with Gasteiger partial charge in [0.25, 0.3) is 0 Å². The number of hydrogen-bond acceptors (Lipinski definition) is 3. The summed E-state index contributed by atoms with van der Waals surface area (Å²) in [5.41, 5.74) is 0. The Labute approximate surface area is 188 Å². The number of aliphatic carboxylic acids is 2. The van der Waals surface area contributed by atoms with E-state index in [1.54, 1.807) is 0 Å². The first-order valence-corrected chi connectivity index (χ1v) is 10.8. The molecule has 0 rings (SSSR count). The van der Waals surface area contributed by atoms with E-state index in [0.717, 1.165) is 12.8 Å². The van der Waals surface area contributed by atoms with Gasteiger partial charge < -0.3 is 15.5 Å². The minimum absolute atomic E-state index is 0. The molecule has 0 aromatic rings. The molecule has 0 bridgehead atoms. The summed E-state index contributed by atoms with van der Waals surface area (Å²) < 4.78 is 0. The van der Waals surface area contributed by atoms with Gasteiger partial charge in [0, 0.05) is 6.42 Å². The number of carboxylic acid groups (broad SMARTS) is 2. The molecule has 1 atom stereocenters. The van der Waals surface area contributed by atoms with Crippen molar-refractivity contribution in [2.45, 2.75) is 116 Å². The quantitative estimate of drug-likeness (QED) is 0.205. The van der Waals surface area contributed by atoms with Crippen molar-refractivity contribution in [3.63, 3.8) is 0 Å². The molecule has 0 radical (unpaired) electrons. The predicted octanol–water partition coefficient (Wildman–Crippen LogP) is 4.73. The fourth-order valence-electron chi connectivity index (χ4n) is 3.18. The molecule has 0 unspecified atom stereocenters. The van der Waals surface area contributed by atoms with Crippen LogP contribution < -0.4 is 5.32 Å². The van der Waals surface area contributed by atoms with Gasteiger partial charge in [0.15, 0.2) is 0 Å². The standard InChI is InChI=1S/C21H41NO4.Na.H/c1-2-3-4-5-6-7-8-9-10-11-12-13-14-15-18-22-19(21(25)26)16-17-20(23)24;;/h19,22H,2-18H2,1H3,(H,23,24)(H,25,26);;/t19-;;/m0../s1. The topological polar surface area (TPSA) is 86.6 Å². The molecule has 0 fully saturated rings. The van der Waals surface area contributed by atoms with Crippen molar-refractivity contribution in [1.29, 1.82) is 0 Å². The summed E-state index contributed by atoms with van der Waals surface area (Å²) in [5.74, 6) is -1.91. The summed E-state index contributed by atoms with van der Waals surface area (Å²) in [7, 11) is 0. The van der Waals surface area contributed by atoms with Crippen LogP contribution in [0.5, 0.6) is 0 Å². The molecule has 6 heteroatoms. The predicted molar refractivity (Wildman–Crippen MR) is 114 cm³/mol. The molecule has 0 aliphatic rings. The Morgan fingerprint density at radius 3 is 1.52 bits per heavy atom. The molecule has 27 heavy (non-hydrogen) atoms. The van der Waals surface area contributed by atoms with Gasteiger partial charge in [-0.25, -0.2) is 0 Å². The van der Waals surface area contributed by atoms with Gasteiger partial charge in [0.2, 0.25) is 0 Å². The fraction of sp³-hybridized carbons (Fsp3) is 0.905. The third-order valence-electron chi connectivity index (χ3n) is 4.87. The summed E-state index contributed by atoms with van der Waals surface area (Å²) in [4.78, 5) is 21.6. The van der Waals surface area contributed by atoms with Gasteiger partial charge in [-0.2, -0.15) is 0 Å². The maximum atomic E-state index is 11.0. The van der Waals surface area contributed by atoms with E-state index in [4.69, 9.17) is 10.2 Å². The first kappa shape index (κ1) is 29.1. The normalized spacial score (nSPS) is 11.7. The molecular weight excluding hydrogens is 353 g/mol. The van der Waals surface area contributed by atoms with Crippen LogP contribution in [-0.2, 0) is 9.59 Å². The Balaban J connectivity index is 0. The van der Waals surface area contributed by atoms with Crippen molar-refractivity contribution in [2.75, 3.05) is 6.54 Å². The molecule has 0 saturated heterocycles. The van der Waals surface area contributed by atoms with Crippen molar-refractivity contribution in [3.05, 3.63) is 0 Å². The van der Waals surface area contributed by atoms with E-state index in [2.05, 4.69) is 12.2 Å². The van der Waals surface area contributed by atoms with Crippen LogP contribution >= 0.6 is 0 Å². The zero-order valence-electron chi connectivity index (χ0n) is 16.8. The Bertz CT molecular complexity index is 353. The Morgan fingerprint density at radius 1 is 0.741 bits per heavy atom. The Morgan fingerprint density at radius 2 is 1.15 bits per heavy atom. The molecule has 3 N–H and O–H groups in total. The van der Waals surface area contributed by atoms with Crippen molar-refractivity contribution in [2.24, 2.45) is 0 Å². The van der Waals surface area contributed by atoms with E-state index in [1.165, 1.54) is 77.0 Å². The van der Waals surface area contributed by atoms with Gasteiger partial charge >= 0.3 is 41.5 Å². The van der Waals surface area contributed by atoms with E-state index in [9.17, 15) is 9.59 Å².